The molecule has 7 heteroatoms. The molecule has 1 aliphatic carbocycles. The van der Waals surface area contributed by atoms with E-state index in [1.54, 1.807) is 14.1 Å². The van der Waals surface area contributed by atoms with Crippen molar-refractivity contribution in [2.45, 2.75) is 18.9 Å². The Morgan fingerprint density at radius 3 is 1.79 bits per heavy atom. The van der Waals surface area contributed by atoms with Gasteiger partial charge in [0, 0.05) is 0 Å². The highest BCUT2D eigenvalue weighted by Crippen LogP contribution is 2.34. The average Bonchev–Trinajstić information content (AvgIpc) is 2.79. The van der Waals surface area contributed by atoms with Crippen LogP contribution in [0.3, 0.4) is 0 Å². The lowest BCUT2D eigenvalue weighted by molar-refractivity contribution is -0.840. The number of hydrogen-bond donors (Lipinski definition) is 2. The number of carboxylic acid groups (broad SMARTS) is 2. The second kappa shape index (κ2) is 9.45. The summed E-state index contributed by atoms with van der Waals surface area (Å²) in [5.41, 5.74) is 5.17. The first-order valence-electron chi connectivity index (χ1n) is 8.96. The summed E-state index contributed by atoms with van der Waals surface area (Å²) in [4.78, 5) is 18.2. The predicted molar refractivity (Wildman–Crippen MR) is 104 cm³/mol. The number of aliphatic carboxylic acids is 2. The van der Waals surface area contributed by atoms with Crippen LogP contribution >= 0.6 is 0 Å². The third-order valence-electron chi connectivity index (χ3n) is 4.44. The van der Waals surface area contributed by atoms with Gasteiger partial charge >= 0.3 is 11.9 Å². The van der Waals surface area contributed by atoms with Crippen LogP contribution in [0.5, 0.6) is 0 Å². The zero-order chi connectivity index (χ0) is 20.7. The standard InChI is InChI=1S/C19H23NO2.C2H2O4/c1-20(2,21)13-14-22-19-17-9-5-3-7-15(17)11-12-16-8-4-6-10-18(16)19;3-1(4)2(5)6/h3-10,19H,11-14H2,1-2H3;(H,3,4)(H,5,6). The fourth-order valence-electron chi connectivity index (χ4n) is 3.04. The molecular weight excluding hydrogens is 362 g/mol. The van der Waals surface area contributed by atoms with E-state index in [2.05, 4.69) is 48.5 Å². The van der Waals surface area contributed by atoms with Gasteiger partial charge in [-0.3, -0.25) is 0 Å². The molecule has 2 N–H and O–H groups in total. The van der Waals surface area contributed by atoms with Crippen molar-refractivity contribution >= 4 is 11.9 Å². The first kappa shape index (κ1) is 21.6. The predicted octanol–water partition coefficient (Wildman–Crippen LogP) is 2.62. The molecule has 150 valence electrons. The summed E-state index contributed by atoms with van der Waals surface area (Å²) >= 11 is 0. The molecule has 2 aromatic rings. The molecule has 0 aromatic heterocycles. The van der Waals surface area contributed by atoms with E-state index in [4.69, 9.17) is 24.5 Å². The number of benzene rings is 2. The maximum atomic E-state index is 11.8. The molecule has 3 rings (SSSR count). The van der Waals surface area contributed by atoms with Crippen LogP contribution in [0.1, 0.15) is 28.4 Å². The van der Waals surface area contributed by atoms with Crippen LogP contribution in [0, 0.1) is 5.21 Å². The van der Waals surface area contributed by atoms with Gasteiger partial charge in [0.15, 0.2) is 0 Å². The molecule has 0 amide bonds. The average molecular weight is 387 g/mol. The third kappa shape index (κ3) is 6.16. The first-order valence-corrected chi connectivity index (χ1v) is 8.96. The zero-order valence-electron chi connectivity index (χ0n) is 16.0. The van der Waals surface area contributed by atoms with Crippen LogP contribution in [0.4, 0.5) is 0 Å². The van der Waals surface area contributed by atoms with Crippen molar-refractivity contribution in [1.82, 2.24) is 0 Å². The van der Waals surface area contributed by atoms with Crippen molar-refractivity contribution < 1.29 is 29.2 Å². The van der Waals surface area contributed by atoms with Gasteiger partial charge in [0.2, 0.25) is 0 Å². The van der Waals surface area contributed by atoms with E-state index in [0.717, 1.165) is 12.8 Å². The molecule has 0 fully saturated rings. The molecule has 0 unspecified atom stereocenters. The van der Waals surface area contributed by atoms with E-state index in [1.165, 1.54) is 22.3 Å². The highest BCUT2D eigenvalue weighted by molar-refractivity contribution is 6.27. The lowest BCUT2D eigenvalue weighted by Crippen LogP contribution is -2.36. The number of carboxylic acids is 2. The van der Waals surface area contributed by atoms with E-state index in [0.29, 0.717) is 13.2 Å². The molecule has 0 aliphatic heterocycles. The molecule has 0 heterocycles. The maximum absolute atomic E-state index is 11.8. The minimum absolute atomic E-state index is 0.0681. The molecule has 0 saturated heterocycles. The van der Waals surface area contributed by atoms with Crippen LogP contribution in [0.2, 0.25) is 0 Å². The fraction of sp³-hybridized carbons (Fsp3) is 0.333. The summed E-state index contributed by atoms with van der Waals surface area (Å²) in [6.07, 6.45) is 2.01. The molecule has 7 nitrogen and oxygen atoms in total. The second-order valence-corrected chi connectivity index (χ2v) is 7.06. The van der Waals surface area contributed by atoms with Gasteiger partial charge in [-0.15, -0.1) is 0 Å². The molecule has 0 spiro atoms. The van der Waals surface area contributed by atoms with Gasteiger partial charge in [0.1, 0.15) is 12.6 Å². The summed E-state index contributed by atoms with van der Waals surface area (Å²) in [7, 11) is 3.30. The van der Waals surface area contributed by atoms with Crippen LogP contribution in [-0.2, 0) is 27.2 Å². The largest absolute Gasteiger partial charge is 0.633 e. The molecule has 1 aliphatic rings. The summed E-state index contributed by atoms with van der Waals surface area (Å²) in [6, 6.07) is 17.0. The van der Waals surface area contributed by atoms with Gasteiger partial charge < -0.3 is 24.8 Å². The van der Waals surface area contributed by atoms with Crippen molar-refractivity contribution in [2.75, 3.05) is 27.2 Å². The zero-order valence-corrected chi connectivity index (χ0v) is 16.0. The first-order chi connectivity index (χ1) is 13.2. The molecular formula is C21H25NO6. The van der Waals surface area contributed by atoms with Gasteiger partial charge in [-0.2, -0.15) is 0 Å². The third-order valence-corrected chi connectivity index (χ3v) is 4.44. The van der Waals surface area contributed by atoms with E-state index >= 15 is 0 Å². The van der Waals surface area contributed by atoms with Crippen molar-refractivity contribution in [3.63, 3.8) is 0 Å². The van der Waals surface area contributed by atoms with Crippen LogP contribution in [-0.4, -0.2) is 54.0 Å². The summed E-state index contributed by atoms with van der Waals surface area (Å²) in [6.45, 7) is 0.921. The molecule has 28 heavy (non-hydrogen) atoms. The van der Waals surface area contributed by atoms with Crippen molar-refractivity contribution in [3.05, 3.63) is 76.0 Å². The van der Waals surface area contributed by atoms with Gasteiger partial charge in [0.05, 0.1) is 20.7 Å². The monoisotopic (exact) mass is 387 g/mol. The minimum atomic E-state index is -1.82. The summed E-state index contributed by atoms with van der Waals surface area (Å²) < 4.78 is 5.85. The van der Waals surface area contributed by atoms with Crippen molar-refractivity contribution in [3.8, 4) is 0 Å². The highest BCUT2D eigenvalue weighted by Gasteiger charge is 2.24. The second-order valence-electron chi connectivity index (χ2n) is 7.06. The number of hydrogen-bond acceptors (Lipinski definition) is 4. The van der Waals surface area contributed by atoms with Crippen LogP contribution in [0.25, 0.3) is 0 Å². The quantitative estimate of drug-likeness (QED) is 0.474. The van der Waals surface area contributed by atoms with Gasteiger partial charge in [-0.05, 0) is 35.1 Å². The topological polar surface area (TPSA) is 107 Å². The molecule has 2 aromatic carbocycles. The number of hydroxylamine groups is 3. The maximum Gasteiger partial charge on any atom is 0.414 e. The van der Waals surface area contributed by atoms with E-state index < -0.39 is 11.9 Å². The SMILES string of the molecule is C[N+](C)([O-])CCOC1c2ccccc2CCc2ccccc21.O=C(O)C(=O)O. The minimum Gasteiger partial charge on any atom is -0.633 e. The Balaban J connectivity index is 0.000000409. The number of carbonyl (C=O) groups is 2. The normalized spacial score (nSPS) is 13.4. The molecule has 0 radical (unpaired) electrons. The number of quaternary nitrogens is 1. The Morgan fingerprint density at radius 1 is 0.964 bits per heavy atom. The number of aryl methyl sites for hydroxylation is 2. The van der Waals surface area contributed by atoms with Crippen LogP contribution < -0.4 is 0 Å². The van der Waals surface area contributed by atoms with Gasteiger partial charge in [-0.25, -0.2) is 9.59 Å². The van der Waals surface area contributed by atoms with Gasteiger partial charge in [0.25, 0.3) is 0 Å². The van der Waals surface area contributed by atoms with E-state index in [9.17, 15) is 5.21 Å². The van der Waals surface area contributed by atoms with Crippen molar-refractivity contribution in [1.29, 1.82) is 0 Å². The Labute approximate surface area is 164 Å². The Morgan fingerprint density at radius 2 is 1.39 bits per heavy atom. The number of ether oxygens (including phenoxy) is 1. The highest BCUT2D eigenvalue weighted by atomic mass is 16.5. The lowest BCUT2D eigenvalue weighted by atomic mass is 9.97. The molecule has 0 bridgehead atoms. The van der Waals surface area contributed by atoms with E-state index in [1.807, 2.05) is 0 Å². The number of likely N-dealkylation sites (N-methyl/N-ethyl adjacent to an activating group) is 1. The number of fused-ring (bicyclic) bond motifs is 2. The molecule has 0 atom stereocenters. The van der Waals surface area contributed by atoms with Crippen LogP contribution in [0.15, 0.2) is 48.5 Å². The lowest BCUT2D eigenvalue weighted by Gasteiger charge is -2.34. The number of rotatable bonds is 4. The smallest absolute Gasteiger partial charge is 0.414 e. The molecule has 0 saturated carbocycles. The number of nitrogens with zero attached hydrogens (tertiary/aromatic N) is 1. The van der Waals surface area contributed by atoms with Gasteiger partial charge in [-0.1, -0.05) is 48.5 Å². The van der Waals surface area contributed by atoms with E-state index in [-0.39, 0.29) is 10.8 Å². The summed E-state index contributed by atoms with van der Waals surface area (Å²) in [5.74, 6) is -3.65. The van der Waals surface area contributed by atoms with Crippen molar-refractivity contribution in [2.24, 2.45) is 0 Å². The Kier molecular flexibility index (Phi) is 7.28. The summed E-state index contributed by atoms with van der Waals surface area (Å²) in [5, 5.41) is 26.5. The fourth-order valence-corrected chi connectivity index (χ4v) is 3.04. The Hall–Kier alpha value is -2.74. The Bertz CT molecular complexity index is 768.